The second-order valence-electron chi connectivity index (χ2n) is 5.34. The molecule has 6 heteroatoms. The summed E-state index contributed by atoms with van der Waals surface area (Å²) in [5.74, 6) is 0. The van der Waals surface area contributed by atoms with Crippen LogP contribution in [-0.4, -0.2) is 56.8 Å². The summed E-state index contributed by atoms with van der Waals surface area (Å²) < 4.78 is 27.9. The lowest BCUT2D eigenvalue weighted by atomic mass is 9.96. The minimum Gasteiger partial charge on any atom is -0.317 e. The van der Waals surface area contributed by atoms with Crippen molar-refractivity contribution in [1.82, 2.24) is 13.9 Å². The second-order valence-corrected chi connectivity index (χ2v) is 7.44. The maximum Gasteiger partial charge on any atom is 0.281 e. The van der Waals surface area contributed by atoms with Crippen LogP contribution in [0.5, 0.6) is 0 Å². The topological polar surface area (TPSA) is 52.7 Å². The largest absolute Gasteiger partial charge is 0.317 e. The van der Waals surface area contributed by atoms with E-state index in [1.807, 2.05) is 0 Å². The zero-order valence-electron chi connectivity index (χ0n) is 12.6. The molecule has 0 aromatic carbocycles. The molecule has 1 fully saturated rings. The Morgan fingerprint density at radius 2 is 1.79 bits per heavy atom. The fourth-order valence-electron chi connectivity index (χ4n) is 2.57. The normalized spacial score (nSPS) is 18.4. The van der Waals surface area contributed by atoms with Gasteiger partial charge in [-0.2, -0.15) is 17.0 Å². The van der Waals surface area contributed by atoms with E-state index in [9.17, 15) is 8.42 Å². The van der Waals surface area contributed by atoms with Crippen LogP contribution in [0.4, 0.5) is 0 Å². The first-order valence-electron chi connectivity index (χ1n) is 7.40. The maximum absolute atomic E-state index is 12.4. The van der Waals surface area contributed by atoms with E-state index >= 15 is 0 Å². The SMILES string of the molecule is CCNCCCN(C)S(=O)(=O)N(C)C1CCCCC1. The van der Waals surface area contributed by atoms with Gasteiger partial charge in [0.2, 0.25) is 0 Å². The van der Waals surface area contributed by atoms with Crippen LogP contribution in [0, 0.1) is 0 Å². The summed E-state index contributed by atoms with van der Waals surface area (Å²) in [6.45, 7) is 4.42. The van der Waals surface area contributed by atoms with Gasteiger partial charge < -0.3 is 5.32 Å². The molecule has 0 bridgehead atoms. The molecule has 19 heavy (non-hydrogen) atoms. The quantitative estimate of drug-likeness (QED) is 0.688. The number of hydrogen-bond donors (Lipinski definition) is 1. The minimum atomic E-state index is -3.29. The van der Waals surface area contributed by atoms with Crippen molar-refractivity contribution in [2.75, 3.05) is 33.7 Å². The third-order valence-electron chi connectivity index (χ3n) is 3.92. The highest BCUT2D eigenvalue weighted by Gasteiger charge is 2.30. The maximum atomic E-state index is 12.4. The highest BCUT2D eigenvalue weighted by atomic mass is 32.2. The summed E-state index contributed by atoms with van der Waals surface area (Å²) in [7, 11) is 0.123. The lowest BCUT2D eigenvalue weighted by Crippen LogP contribution is -2.46. The van der Waals surface area contributed by atoms with Gasteiger partial charge in [0.25, 0.3) is 10.2 Å². The summed E-state index contributed by atoms with van der Waals surface area (Å²) in [6.07, 6.45) is 6.39. The van der Waals surface area contributed by atoms with Crippen LogP contribution in [0.2, 0.25) is 0 Å². The molecule has 1 aliphatic rings. The van der Waals surface area contributed by atoms with Crippen LogP contribution in [0.1, 0.15) is 45.4 Å². The van der Waals surface area contributed by atoms with Gasteiger partial charge in [-0.15, -0.1) is 0 Å². The second kappa shape index (κ2) is 8.19. The molecule has 1 saturated carbocycles. The standard InChI is InChI=1S/C13H29N3O2S/c1-4-14-11-8-12-15(2)19(17,18)16(3)13-9-6-5-7-10-13/h13-14H,4-12H2,1-3H3. The Labute approximate surface area is 118 Å². The van der Waals surface area contributed by atoms with Crippen molar-refractivity contribution in [3.05, 3.63) is 0 Å². The summed E-state index contributed by atoms with van der Waals surface area (Å²) >= 11 is 0. The van der Waals surface area contributed by atoms with Crippen LogP contribution < -0.4 is 5.32 Å². The number of hydrogen-bond acceptors (Lipinski definition) is 3. The van der Waals surface area contributed by atoms with Crippen molar-refractivity contribution in [2.45, 2.75) is 51.5 Å². The van der Waals surface area contributed by atoms with E-state index in [0.29, 0.717) is 6.54 Å². The minimum absolute atomic E-state index is 0.190. The van der Waals surface area contributed by atoms with Gasteiger partial charge >= 0.3 is 0 Å². The average molecular weight is 291 g/mol. The molecule has 1 rings (SSSR count). The molecular formula is C13H29N3O2S. The molecule has 1 N–H and O–H groups in total. The van der Waals surface area contributed by atoms with Crippen molar-refractivity contribution >= 4 is 10.2 Å². The predicted octanol–water partition coefficient (Wildman–Crippen LogP) is 1.43. The van der Waals surface area contributed by atoms with E-state index in [0.717, 1.165) is 45.2 Å². The van der Waals surface area contributed by atoms with Crippen molar-refractivity contribution < 1.29 is 8.42 Å². The zero-order valence-corrected chi connectivity index (χ0v) is 13.4. The lowest BCUT2D eigenvalue weighted by molar-refractivity contribution is 0.268. The predicted molar refractivity (Wildman–Crippen MR) is 79.3 cm³/mol. The Morgan fingerprint density at radius 1 is 1.16 bits per heavy atom. The van der Waals surface area contributed by atoms with Crippen LogP contribution in [0.3, 0.4) is 0 Å². The molecule has 0 atom stereocenters. The summed E-state index contributed by atoms with van der Waals surface area (Å²) in [5.41, 5.74) is 0. The van der Waals surface area contributed by atoms with E-state index in [2.05, 4.69) is 12.2 Å². The molecular weight excluding hydrogens is 262 g/mol. The van der Waals surface area contributed by atoms with E-state index in [1.165, 1.54) is 10.7 Å². The third-order valence-corrected chi connectivity index (χ3v) is 5.92. The summed E-state index contributed by atoms with van der Waals surface area (Å²) in [6, 6.07) is 0.190. The molecule has 0 aromatic rings. The van der Waals surface area contributed by atoms with E-state index in [1.54, 1.807) is 18.4 Å². The van der Waals surface area contributed by atoms with Gasteiger partial charge in [0.1, 0.15) is 0 Å². The number of nitrogens with one attached hydrogen (secondary N) is 1. The van der Waals surface area contributed by atoms with Crippen molar-refractivity contribution in [1.29, 1.82) is 0 Å². The molecule has 114 valence electrons. The third kappa shape index (κ3) is 5.02. The van der Waals surface area contributed by atoms with Gasteiger partial charge in [0.15, 0.2) is 0 Å². The molecule has 0 amide bonds. The summed E-state index contributed by atoms with van der Waals surface area (Å²) in [5, 5.41) is 3.21. The van der Waals surface area contributed by atoms with E-state index < -0.39 is 10.2 Å². The van der Waals surface area contributed by atoms with Gasteiger partial charge in [-0.05, 0) is 32.4 Å². The van der Waals surface area contributed by atoms with Crippen LogP contribution >= 0.6 is 0 Å². The van der Waals surface area contributed by atoms with Crippen LogP contribution in [0.25, 0.3) is 0 Å². The van der Waals surface area contributed by atoms with Crippen molar-refractivity contribution in [2.24, 2.45) is 0 Å². The van der Waals surface area contributed by atoms with Gasteiger partial charge in [-0.25, -0.2) is 0 Å². The molecule has 0 spiro atoms. The van der Waals surface area contributed by atoms with E-state index in [-0.39, 0.29) is 6.04 Å². The van der Waals surface area contributed by atoms with Gasteiger partial charge in [0, 0.05) is 26.7 Å². The molecule has 0 saturated heterocycles. The van der Waals surface area contributed by atoms with Gasteiger partial charge in [0.05, 0.1) is 0 Å². The first-order chi connectivity index (χ1) is 9.00. The summed E-state index contributed by atoms with van der Waals surface area (Å²) in [4.78, 5) is 0. The Bertz CT molecular complexity index is 340. The highest BCUT2D eigenvalue weighted by molar-refractivity contribution is 7.86. The smallest absolute Gasteiger partial charge is 0.281 e. The Hall–Kier alpha value is -0.170. The molecule has 5 nitrogen and oxygen atoms in total. The first-order valence-corrected chi connectivity index (χ1v) is 8.80. The van der Waals surface area contributed by atoms with Crippen LogP contribution in [0.15, 0.2) is 0 Å². The number of rotatable bonds is 8. The molecule has 0 radical (unpaired) electrons. The first kappa shape index (κ1) is 16.9. The monoisotopic (exact) mass is 291 g/mol. The number of nitrogens with zero attached hydrogens (tertiary/aromatic N) is 2. The average Bonchev–Trinajstić information content (AvgIpc) is 2.43. The van der Waals surface area contributed by atoms with Gasteiger partial charge in [-0.3, -0.25) is 0 Å². The van der Waals surface area contributed by atoms with Gasteiger partial charge in [-0.1, -0.05) is 26.2 Å². The Morgan fingerprint density at radius 3 is 2.37 bits per heavy atom. The molecule has 0 unspecified atom stereocenters. The van der Waals surface area contributed by atoms with Crippen LogP contribution in [-0.2, 0) is 10.2 Å². The lowest BCUT2D eigenvalue weighted by Gasteiger charge is -2.33. The molecule has 0 aliphatic heterocycles. The van der Waals surface area contributed by atoms with Crippen molar-refractivity contribution in [3.63, 3.8) is 0 Å². The van der Waals surface area contributed by atoms with E-state index in [4.69, 9.17) is 0 Å². The zero-order chi connectivity index (χ0) is 14.3. The highest BCUT2D eigenvalue weighted by Crippen LogP contribution is 2.24. The van der Waals surface area contributed by atoms with Crippen molar-refractivity contribution in [3.8, 4) is 0 Å². The fraction of sp³-hybridized carbons (Fsp3) is 1.00. The molecule has 0 aromatic heterocycles. The molecule has 1 aliphatic carbocycles. The fourth-order valence-corrected chi connectivity index (χ4v) is 3.96. The Kier molecular flexibility index (Phi) is 7.28. The Balaban J connectivity index is 2.47. The molecule has 0 heterocycles.